The number of carbonyl (C=O) groups is 1. The Kier molecular flexibility index (Phi) is 2.60. The number of rotatable bonds is 1. The molecule has 0 spiro atoms. The Labute approximate surface area is 81.6 Å². The quantitative estimate of drug-likeness (QED) is 0.666. The number of fused-ring (bicyclic) bond motifs is 1. The molecule has 0 bridgehead atoms. The van der Waals surface area contributed by atoms with E-state index in [4.69, 9.17) is 5.11 Å². The largest absolute Gasteiger partial charge is 0.480 e. The van der Waals surface area contributed by atoms with E-state index in [1.165, 1.54) is 11.3 Å². The van der Waals surface area contributed by atoms with Crippen molar-refractivity contribution in [2.24, 2.45) is 0 Å². The third-order valence-electron chi connectivity index (χ3n) is 2.50. The van der Waals surface area contributed by atoms with Crippen LogP contribution in [0.25, 0.3) is 0 Å². The summed E-state index contributed by atoms with van der Waals surface area (Å²) in [5.74, 6) is -0.0605. The van der Waals surface area contributed by atoms with Crippen molar-refractivity contribution < 1.29 is 9.90 Å². The molecule has 2 aliphatic rings. The average molecular weight is 199 g/mol. The van der Waals surface area contributed by atoms with Gasteiger partial charge in [0.25, 0.3) is 0 Å². The normalized spacial score (nSPS) is 33.4. The molecule has 3 nitrogen and oxygen atoms in total. The van der Waals surface area contributed by atoms with E-state index in [1.54, 1.807) is 11.8 Å². The van der Waals surface area contributed by atoms with Gasteiger partial charge in [0.15, 0.2) is 0 Å². The van der Waals surface area contributed by atoms with E-state index in [1.807, 2.05) is 0 Å². The second-order valence-electron chi connectivity index (χ2n) is 3.46. The van der Waals surface area contributed by atoms with E-state index in [2.05, 4.69) is 11.4 Å². The Morgan fingerprint density at radius 1 is 1.69 bits per heavy atom. The number of thioether (sulfide) groups is 1. The van der Waals surface area contributed by atoms with Crippen molar-refractivity contribution >= 4 is 17.7 Å². The number of nitrogens with one attached hydrogen (secondary N) is 1. The van der Waals surface area contributed by atoms with Crippen molar-refractivity contribution in [2.45, 2.75) is 31.3 Å². The van der Waals surface area contributed by atoms with Crippen LogP contribution < -0.4 is 5.32 Å². The summed E-state index contributed by atoms with van der Waals surface area (Å²) in [6, 6.07) is -0.0427. The van der Waals surface area contributed by atoms with Crippen molar-refractivity contribution in [1.29, 1.82) is 0 Å². The minimum atomic E-state index is -0.725. The van der Waals surface area contributed by atoms with E-state index in [0.29, 0.717) is 11.8 Å². The zero-order valence-electron chi connectivity index (χ0n) is 7.32. The number of carboxylic acid groups (broad SMARTS) is 1. The van der Waals surface area contributed by atoms with E-state index >= 15 is 0 Å². The molecule has 4 heteroatoms. The first-order valence-corrected chi connectivity index (χ1v) is 5.57. The summed E-state index contributed by atoms with van der Waals surface area (Å²) in [6.07, 6.45) is 5.65. The van der Waals surface area contributed by atoms with Gasteiger partial charge in [0.1, 0.15) is 6.04 Å². The molecule has 1 heterocycles. The number of hydrogen-bond donors (Lipinski definition) is 2. The Morgan fingerprint density at radius 3 is 3.31 bits per heavy atom. The van der Waals surface area contributed by atoms with Gasteiger partial charge in [-0.2, -0.15) is 0 Å². The van der Waals surface area contributed by atoms with Crippen molar-refractivity contribution in [2.75, 3.05) is 5.75 Å². The lowest BCUT2D eigenvalue weighted by molar-refractivity contribution is -0.139. The Bertz CT molecular complexity index is 252. The fourth-order valence-corrected chi connectivity index (χ4v) is 3.01. The van der Waals surface area contributed by atoms with Gasteiger partial charge in [-0.1, -0.05) is 6.08 Å². The highest BCUT2D eigenvalue weighted by Crippen LogP contribution is 2.32. The predicted molar refractivity (Wildman–Crippen MR) is 52.7 cm³/mol. The summed E-state index contributed by atoms with van der Waals surface area (Å²) in [6.45, 7) is 0. The number of hydrogen-bond acceptors (Lipinski definition) is 3. The zero-order chi connectivity index (χ0) is 9.26. The van der Waals surface area contributed by atoms with Crippen molar-refractivity contribution in [3.8, 4) is 0 Å². The maximum atomic E-state index is 10.7. The van der Waals surface area contributed by atoms with Gasteiger partial charge in [-0.3, -0.25) is 10.1 Å². The molecule has 2 atom stereocenters. The molecule has 1 aliphatic heterocycles. The van der Waals surface area contributed by atoms with Crippen LogP contribution in [0.1, 0.15) is 19.3 Å². The van der Waals surface area contributed by atoms with Gasteiger partial charge in [0.05, 0.1) is 0 Å². The maximum Gasteiger partial charge on any atom is 0.321 e. The van der Waals surface area contributed by atoms with Gasteiger partial charge in [-0.05, 0) is 24.2 Å². The molecule has 0 amide bonds. The number of allylic oxidation sites excluding steroid dienone is 1. The highest BCUT2D eigenvalue weighted by molar-refractivity contribution is 8.03. The Hall–Kier alpha value is -0.480. The van der Waals surface area contributed by atoms with Crippen molar-refractivity contribution in [3.63, 3.8) is 0 Å². The van der Waals surface area contributed by atoms with Crippen LogP contribution in [0.5, 0.6) is 0 Å². The third-order valence-corrected chi connectivity index (χ3v) is 3.79. The van der Waals surface area contributed by atoms with Gasteiger partial charge in [0, 0.05) is 11.8 Å². The molecule has 0 radical (unpaired) electrons. The molecule has 0 aromatic heterocycles. The van der Waals surface area contributed by atoms with Crippen LogP contribution >= 0.6 is 11.8 Å². The van der Waals surface area contributed by atoms with Crippen LogP contribution in [0.4, 0.5) is 0 Å². The predicted octanol–water partition coefficient (Wildman–Crippen LogP) is 1.21. The van der Waals surface area contributed by atoms with Crippen LogP contribution in [-0.2, 0) is 4.79 Å². The summed E-state index contributed by atoms with van der Waals surface area (Å²) in [7, 11) is 0. The third kappa shape index (κ3) is 1.89. The van der Waals surface area contributed by atoms with E-state index < -0.39 is 5.97 Å². The molecule has 72 valence electrons. The molecular formula is C9H13NO2S. The lowest BCUT2D eigenvalue weighted by Gasteiger charge is -2.32. The highest BCUT2D eigenvalue weighted by atomic mass is 32.2. The van der Waals surface area contributed by atoms with Gasteiger partial charge >= 0.3 is 5.97 Å². The molecule has 0 aromatic carbocycles. The monoisotopic (exact) mass is 199 g/mol. The lowest BCUT2D eigenvalue weighted by Crippen LogP contribution is -2.49. The minimum absolute atomic E-state index is 0.314. The van der Waals surface area contributed by atoms with Crippen molar-refractivity contribution in [3.05, 3.63) is 11.0 Å². The maximum absolute atomic E-state index is 10.7. The lowest BCUT2D eigenvalue weighted by atomic mass is 10.0. The molecule has 2 unspecified atom stereocenters. The molecule has 1 aliphatic carbocycles. The fourth-order valence-electron chi connectivity index (χ4n) is 1.79. The molecule has 1 saturated heterocycles. The second-order valence-corrected chi connectivity index (χ2v) is 4.55. The average Bonchev–Trinajstić information content (AvgIpc) is 2.17. The molecule has 0 saturated carbocycles. The summed E-state index contributed by atoms with van der Waals surface area (Å²) < 4.78 is 0. The summed E-state index contributed by atoms with van der Waals surface area (Å²) >= 11 is 1.70. The zero-order valence-corrected chi connectivity index (χ0v) is 8.14. The Balaban J connectivity index is 2.04. The number of carboxylic acids is 1. The fraction of sp³-hybridized carbons (Fsp3) is 0.667. The van der Waals surface area contributed by atoms with Crippen LogP contribution in [0.2, 0.25) is 0 Å². The van der Waals surface area contributed by atoms with Crippen LogP contribution in [0.15, 0.2) is 11.0 Å². The molecule has 0 aromatic rings. The summed E-state index contributed by atoms with van der Waals surface area (Å²) in [4.78, 5) is 12.1. The van der Waals surface area contributed by atoms with Crippen LogP contribution in [0, 0.1) is 0 Å². The number of aliphatic carboxylic acids is 1. The molecule has 13 heavy (non-hydrogen) atoms. The smallest absolute Gasteiger partial charge is 0.321 e. The molecular weight excluding hydrogens is 186 g/mol. The van der Waals surface area contributed by atoms with Gasteiger partial charge in [-0.15, -0.1) is 11.8 Å². The van der Waals surface area contributed by atoms with Gasteiger partial charge < -0.3 is 5.11 Å². The van der Waals surface area contributed by atoms with Gasteiger partial charge in [-0.25, -0.2) is 0 Å². The van der Waals surface area contributed by atoms with Crippen LogP contribution in [0.3, 0.4) is 0 Å². The SMILES string of the molecule is O=C(O)C1CSC2=CCCCC2N1. The van der Waals surface area contributed by atoms with Gasteiger partial charge in [0.2, 0.25) is 0 Å². The van der Waals surface area contributed by atoms with E-state index in [0.717, 1.165) is 12.8 Å². The first-order chi connectivity index (χ1) is 6.27. The summed E-state index contributed by atoms with van der Waals surface area (Å²) in [5.41, 5.74) is 0. The minimum Gasteiger partial charge on any atom is -0.480 e. The molecule has 1 fully saturated rings. The Morgan fingerprint density at radius 2 is 2.54 bits per heavy atom. The second kappa shape index (κ2) is 3.72. The first kappa shape index (κ1) is 9.09. The molecule has 2 rings (SSSR count). The first-order valence-electron chi connectivity index (χ1n) is 4.59. The van der Waals surface area contributed by atoms with Crippen molar-refractivity contribution in [1.82, 2.24) is 5.32 Å². The van der Waals surface area contributed by atoms with E-state index in [9.17, 15) is 4.79 Å². The highest BCUT2D eigenvalue weighted by Gasteiger charge is 2.30. The topological polar surface area (TPSA) is 49.3 Å². The van der Waals surface area contributed by atoms with E-state index in [-0.39, 0.29) is 6.04 Å². The standard InChI is InChI=1S/C9H13NO2S/c11-9(12)7-5-13-8-4-2-1-3-6(8)10-7/h4,6-7,10H,1-3,5H2,(H,11,12). The van der Waals surface area contributed by atoms with Crippen LogP contribution in [-0.4, -0.2) is 28.9 Å². The summed E-state index contributed by atoms with van der Waals surface area (Å²) in [5, 5.41) is 12.0. The molecule has 2 N–H and O–H groups in total.